The first-order valence-corrected chi connectivity index (χ1v) is 13.3. The standard InChI is InChI=1S/C31H33FN4O3/c32-23-12-14-24(15-13-23)34-31(38)27(4-3-17-36-19-26-18-25(36)20-39-26)22-10-7-21(8-11-22)9-16-30(37)35-29-6-2-1-5-28(29)33/h1-2,5-16,25-27H,3-4,17-20,33H2,(H,34,38)(H,35,37)/b16-9+/t25-,26-,27?/m1/s1. The lowest BCUT2D eigenvalue weighted by Gasteiger charge is -2.27. The van der Waals surface area contributed by atoms with Crippen molar-refractivity contribution < 1.29 is 18.7 Å². The van der Waals surface area contributed by atoms with Crippen molar-refractivity contribution in [2.75, 3.05) is 36.1 Å². The summed E-state index contributed by atoms with van der Waals surface area (Å²) in [5, 5.41) is 5.71. The first-order chi connectivity index (χ1) is 18.9. The van der Waals surface area contributed by atoms with Crippen LogP contribution in [0.25, 0.3) is 6.08 Å². The Labute approximate surface area is 227 Å². The Morgan fingerprint density at radius 1 is 1.05 bits per heavy atom. The number of carbonyl (C=O) groups excluding carboxylic acids is 2. The molecule has 3 atom stereocenters. The van der Waals surface area contributed by atoms with E-state index in [1.807, 2.05) is 24.3 Å². The monoisotopic (exact) mass is 528 g/mol. The van der Waals surface area contributed by atoms with Crippen molar-refractivity contribution in [3.05, 3.63) is 95.8 Å². The van der Waals surface area contributed by atoms with Crippen LogP contribution in [0.2, 0.25) is 0 Å². The van der Waals surface area contributed by atoms with Gasteiger partial charge in [0.15, 0.2) is 0 Å². The van der Waals surface area contributed by atoms with Gasteiger partial charge in [-0.05, 0) is 79.4 Å². The molecule has 2 saturated heterocycles. The van der Waals surface area contributed by atoms with Gasteiger partial charge in [-0.25, -0.2) is 4.39 Å². The third-order valence-electron chi connectivity index (χ3n) is 7.36. The number of halogens is 1. The Morgan fingerprint density at radius 3 is 2.51 bits per heavy atom. The molecule has 1 unspecified atom stereocenters. The highest BCUT2D eigenvalue weighted by Gasteiger charge is 2.38. The highest BCUT2D eigenvalue weighted by atomic mass is 19.1. The number of benzene rings is 3. The van der Waals surface area contributed by atoms with E-state index in [2.05, 4.69) is 15.5 Å². The maximum absolute atomic E-state index is 13.3. The number of fused-ring (bicyclic) bond motifs is 2. The molecular formula is C31H33FN4O3. The van der Waals surface area contributed by atoms with Crippen molar-refractivity contribution in [3.63, 3.8) is 0 Å². The van der Waals surface area contributed by atoms with Gasteiger partial charge in [-0.3, -0.25) is 14.5 Å². The number of hydrogen-bond acceptors (Lipinski definition) is 5. The zero-order chi connectivity index (χ0) is 27.2. The SMILES string of the molecule is Nc1ccccc1NC(=O)/C=C/c1ccc(C(CCCN2C[C@H]3C[C@@H]2CO3)C(=O)Nc2ccc(F)cc2)cc1. The number of hydrogen-bond donors (Lipinski definition) is 3. The van der Waals surface area contributed by atoms with Gasteiger partial charge in [0.05, 0.1) is 30.0 Å². The summed E-state index contributed by atoms with van der Waals surface area (Å²) in [7, 11) is 0. The van der Waals surface area contributed by atoms with E-state index in [-0.39, 0.29) is 23.5 Å². The number of morpholine rings is 1. The van der Waals surface area contributed by atoms with Crippen molar-refractivity contribution >= 4 is 35.0 Å². The summed E-state index contributed by atoms with van der Waals surface area (Å²) in [4.78, 5) is 28.1. The summed E-state index contributed by atoms with van der Waals surface area (Å²) in [6, 6.07) is 21.0. The molecule has 2 amide bonds. The molecule has 0 radical (unpaired) electrons. The van der Waals surface area contributed by atoms with Crippen LogP contribution in [0.3, 0.4) is 0 Å². The molecule has 3 aromatic carbocycles. The molecule has 3 aromatic rings. The Bertz CT molecular complexity index is 1330. The summed E-state index contributed by atoms with van der Waals surface area (Å²) in [5.41, 5.74) is 9.23. The second-order valence-electron chi connectivity index (χ2n) is 10.1. The van der Waals surface area contributed by atoms with Crippen molar-refractivity contribution in [3.8, 4) is 0 Å². The minimum atomic E-state index is -0.367. The number of rotatable bonds is 10. The van der Waals surface area contributed by atoms with Gasteiger partial charge in [-0.15, -0.1) is 0 Å². The average molecular weight is 529 g/mol. The van der Waals surface area contributed by atoms with Crippen LogP contribution in [0.1, 0.15) is 36.3 Å². The van der Waals surface area contributed by atoms with Crippen LogP contribution in [0, 0.1) is 5.82 Å². The molecule has 0 spiro atoms. The second-order valence-corrected chi connectivity index (χ2v) is 10.1. The van der Waals surface area contributed by atoms with Gasteiger partial charge in [0, 0.05) is 24.4 Å². The quantitative estimate of drug-likeness (QED) is 0.253. The number of carbonyl (C=O) groups is 2. The van der Waals surface area contributed by atoms with Crippen molar-refractivity contribution in [2.24, 2.45) is 0 Å². The van der Waals surface area contributed by atoms with E-state index in [1.54, 1.807) is 42.5 Å². The van der Waals surface area contributed by atoms with Gasteiger partial charge < -0.3 is 21.1 Å². The summed E-state index contributed by atoms with van der Waals surface area (Å²) < 4.78 is 19.0. The number of nitrogens with one attached hydrogen (secondary N) is 2. The molecule has 2 aliphatic rings. The van der Waals surface area contributed by atoms with Crippen LogP contribution in [-0.4, -0.2) is 48.6 Å². The molecule has 7 nitrogen and oxygen atoms in total. The predicted molar refractivity (Wildman–Crippen MR) is 152 cm³/mol. The highest BCUT2D eigenvalue weighted by molar-refractivity contribution is 6.03. The molecule has 2 fully saturated rings. The number of ether oxygens (including phenoxy) is 1. The number of nitrogen functional groups attached to an aromatic ring is 1. The van der Waals surface area contributed by atoms with Crippen molar-refractivity contribution in [2.45, 2.75) is 37.3 Å². The first-order valence-electron chi connectivity index (χ1n) is 13.3. The zero-order valence-corrected chi connectivity index (χ0v) is 21.7. The predicted octanol–water partition coefficient (Wildman–Crippen LogP) is 5.04. The molecule has 0 aliphatic carbocycles. The van der Waals surface area contributed by atoms with E-state index >= 15 is 0 Å². The van der Waals surface area contributed by atoms with E-state index in [4.69, 9.17) is 10.5 Å². The van der Waals surface area contributed by atoms with Gasteiger partial charge in [0.2, 0.25) is 11.8 Å². The first kappa shape index (κ1) is 26.6. The molecule has 0 saturated carbocycles. The van der Waals surface area contributed by atoms with Gasteiger partial charge in [-0.1, -0.05) is 36.4 Å². The molecule has 4 N–H and O–H groups in total. The average Bonchev–Trinajstić information content (AvgIpc) is 3.57. The van der Waals surface area contributed by atoms with E-state index in [0.29, 0.717) is 35.6 Å². The fraction of sp³-hybridized carbons (Fsp3) is 0.290. The molecule has 2 heterocycles. The van der Waals surface area contributed by atoms with Crippen LogP contribution < -0.4 is 16.4 Å². The lowest BCUT2D eigenvalue weighted by atomic mass is 9.92. The Kier molecular flexibility index (Phi) is 8.34. The van der Waals surface area contributed by atoms with Gasteiger partial charge in [0.25, 0.3) is 0 Å². The molecule has 0 aromatic heterocycles. The smallest absolute Gasteiger partial charge is 0.248 e. The third-order valence-corrected chi connectivity index (χ3v) is 7.36. The number of nitrogens with zero attached hydrogens (tertiary/aromatic N) is 1. The third kappa shape index (κ3) is 6.90. The van der Waals surface area contributed by atoms with Crippen LogP contribution >= 0.6 is 0 Å². The topological polar surface area (TPSA) is 96.7 Å². The minimum absolute atomic E-state index is 0.129. The number of likely N-dealkylation sites (tertiary alicyclic amines) is 1. The maximum Gasteiger partial charge on any atom is 0.248 e. The summed E-state index contributed by atoms with van der Waals surface area (Å²) in [6.45, 7) is 2.68. The van der Waals surface area contributed by atoms with Crippen LogP contribution in [0.4, 0.5) is 21.5 Å². The molecule has 8 heteroatoms. The summed E-state index contributed by atoms with van der Waals surface area (Å²) >= 11 is 0. The maximum atomic E-state index is 13.3. The lowest BCUT2D eigenvalue weighted by molar-refractivity contribution is -0.117. The van der Waals surface area contributed by atoms with E-state index in [9.17, 15) is 14.0 Å². The molecule has 2 bridgehead atoms. The summed E-state index contributed by atoms with van der Waals surface area (Å²) in [5.74, 6) is -1.13. The molecule has 5 rings (SSSR count). The largest absolute Gasteiger partial charge is 0.397 e. The minimum Gasteiger partial charge on any atom is -0.397 e. The number of anilines is 3. The number of nitrogens with two attached hydrogens (primary N) is 1. The Morgan fingerprint density at radius 2 is 1.82 bits per heavy atom. The molecule has 202 valence electrons. The molecule has 2 aliphatic heterocycles. The van der Waals surface area contributed by atoms with E-state index in [1.165, 1.54) is 18.2 Å². The van der Waals surface area contributed by atoms with Gasteiger partial charge in [-0.2, -0.15) is 0 Å². The highest BCUT2D eigenvalue weighted by Crippen LogP contribution is 2.30. The lowest BCUT2D eigenvalue weighted by Crippen LogP contribution is -2.37. The summed E-state index contributed by atoms with van der Waals surface area (Å²) in [6.07, 6.45) is 6.16. The van der Waals surface area contributed by atoms with E-state index in [0.717, 1.165) is 43.7 Å². The van der Waals surface area contributed by atoms with Crippen LogP contribution in [-0.2, 0) is 14.3 Å². The normalized spacial score (nSPS) is 19.3. The molecular weight excluding hydrogens is 495 g/mol. The molecule has 39 heavy (non-hydrogen) atoms. The number of para-hydroxylation sites is 2. The van der Waals surface area contributed by atoms with Gasteiger partial charge >= 0.3 is 0 Å². The van der Waals surface area contributed by atoms with E-state index < -0.39 is 0 Å². The number of amides is 2. The fourth-order valence-electron chi connectivity index (χ4n) is 5.26. The van der Waals surface area contributed by atoms with Crippen LogP contribution in [0.15, 0.2) is 78.9 Å². The Hall–Kier alpha value is -4.01. The van der Waals surface area contributed by atoms with Crippen LogP contribution in [0.5, 0.6) is 0 Å². The second kappa shape index (κ2) is 12.2. The van der Waals surface area contributed by atoms with Crippen molar-refractivity contribution in [1.82, 2.24) is 4.90 Å². The van der Waals surface area contributed by atoms with Gasteiger partial charge in [0.1, 0.15) is 5.82 Å². The zero-order valence-electron chi connectivity index (χ0n) is 21.7. The Balaban J connectivity index is 1.24. The van der Waals surface area contributed by atoms with Crippen molar-refractivity contribution in [1.29, 1.82) is 0 Å². The fourth-order valence-corrected chi connectivity index (χ4v) is 5.26.